The lowest BCUT2D eigenvalue weighted by atomic mass is 9.92. The Hall–Kier alpha value is -0.610. The number of nitrogens with one attached hydrogen (secondary N) is 1. The monoisotopic (exact) mass is 268 g/mol. The van der Waals surface area contributed by atoms with Crippen LogP contribution < -0.4 is 11.1 Å². The van der Waals surface area contributed by atoms with Gasteiger partial charge in [-0.2, -0.15) is 0 Å². The van der Waals surface area contributed by atoms with E-state index in [9.17, 15) is 4.79 Å². The van der Waals surface area contributed by atoms with E-state index < -0.39 is 0 Å². The summed E-state index contributed by atoms with van der Waals surface area (Å²) in [6.07, 6.45) is 9.74. The number of hydrogen-bond acceptors (Lipinski definition) is 3. The Morgan fingerprint density at radius 1 is 1.21 bits per heavy atom. The SMILES string of the molecule is NC(C(=O)NCCCC1CCCC1)C1CCOCC1. The fourth-order valence-corrected chi connectivity index (χ4v) is 3.31. The van der Waals surface area contributed by atoms with Gasteiger partial charge in [0.25, 0.3) is 0 Å². The molecule has 3 N–H and O–H groups in total. The molecule has 110 valence electrons. The summed E-state index contributed by atoms with van der Waals surface area (Å²) in [6, 6.07) is -0.351. The van der Waals surface area contributed by atoms with Crippen molar-refractivity contribution in [2.75, 3.05) is 19.8 Å². The van der Waals surface area contributed by atoms with E-state index in [-0.39, 0.29) is 11.9 Å². The highest BCUT2D eigenvalue weighted by Crippen LogP contribution is 2.28. The zero-order chi connectivity index (χ0) is 13.5. The van der Waals surface area contributed by atoms with Crippen LogP contribution in [0.4, 0.5) is 0 Å². The first kappa shape index (κ1) is 14.8. The molecular formula is C15H28N2O2. The van der Waals surface area contributed by atoms with Crippen molar-refractivity contribution in [2.45, 2.75) is 57.4 Å². The van der Waals surface area contributed by atoms with Gasteiger partial charge in [0.2, 0.25) is 5.91 Å². The lowest BCUT2D eigenvalue weighted by Gasteiger charge is -2.26. The quantitative estimate of drug-likeness (QED) is 0.722. The molecule has 0 bridgehead atoms. The maximum atomic E-state index is 12.0. The fourth-order valence-electron chi connectivity index (χ4n) is 3.31. The number of amides is 1. The van der Waals surface area contributed by atoms with Crippen LogP contribution in [0.5, 0.6) is 0 Å². The van der Waals surface area contributed by atoms with Crippen LogP contribution in [0.2, 0.25) is 0 Å². The van der Waals surface area contributed by atoms with Crippen molar-refractivity contribution >= 4 is 5.91 Å². The van der Waals surface area contributed by atoms with Crippen LogP contribution in [0.3, 0.4) is 0 Å². The topological polar surface area (TPSA) is 64.4 Å². The normalized spacial score (nSPS) is 23.4. The standard InChI is InChI=1S/C15H28N2O2/c16-14(13-7-10-19-11-8-13)15(18)17-9-3-6-12-4-1-2-5-12/h12-14H,1-11,16H2,(H,17,18). The lowest BCUT2D eigenvalue weighted by molar-refractivity contribution is -0.124. The maximum Gasteiger partial charge on any atom is 0.237 e. The Balaban J connectivity index is 1.57. The summed E-state index contributed by atoms with van der Waals surface area (Å²) < 4.78 is 5.30. The third kappa shape index (κ3) is 4.77. The molecule has 2 fully saturated rings. The molecule has 4 nitrogen and oxygen atoms in total. The summed E-state index contributed by atoms with van der Waals surface area (Å²) in [5.41, 5.74) is 6.03. The predicted molar refractivity (Wildman–Crippen MR) is 75.7 cm³/mol. The first-order valence-electron chi connectivity index (χ1n) is 7.88. The smallest absolute Gasteiger partial charge is 0.237 e. The molecule has 0 radical (unpaired) electrons. The van der Waals surface area contributed by atoms with Crippen molar-refractivity contribution in [1.82, 2.24) is 5.32 Å². The number of rotatable bonds is 6. The van der Waals surface area contributed by atoms with Gasteiger partial charge in [-0.05, 0) is 37.5 Å². The zero-order valence-electron chi connectivity index (χ0n) is 11.9. The van der Waals surface area contributed by atoms with E-state index in [1.807, 2.05) is 0 Å². The highest BCUT2D eigenvalue weighted by Gasteiger charge is 2.26. The molecule has 2 aliphatic rings. The summed E-state index contributed by atoms with van der Waals surface area (Å²) in [6.45, 7) is 2.27. The van der Waals surface area contributed by atoms with Crippen molar-refractivity contribution in [1.29, 1.82) is 0 Å². The van der Waals surface area contributed by atoms with Gasteiger partial charge >= 0.3 is 0 Å². The van der Waals surface area contributed by atoms with Gasteiger partial charge < -0.3 is 15.8 Å². The molecule has 2 rings (SSSR count). The average molecular weight is 268 g/mol. The molecule has 0 aromatic carbocycles. The van der Waals surface area contributed by atoms with Crippen LogP contribution in [0, 0.1) is 11.8 Å². The van der Waals surface area contributed by atoms with Gasteiger partial charge in [0, 0.05) is 19.8 Å². The van der Waals surface area contributed by atoms with Gasteiger partial charge in [0.05, 0.1) is 6.04 Å². The van der Waals surface area contributed by atoms with E-state index in [0.717, 1.165) is 44.9 Å². The van der Waals surface area contributed by atoms with E-state index >= 15 is 0 Å². The Bertz CT molecular complexity index is 271. The molecule has 1 amide bonds. The summed E-state index contributed by atoms with van der Waals surface area (Å²) in [5, 5.41) is 3.00. The largest absolute Gasteiger partial charge is 0.381 e. The molecule has 4 heteroatoms. The third-order valence-electron chi connectivity index (χ3n) is 4.64. The summed E-state index contributed by atoms with van der Waals surface area (Å²) in [5.74, 6) is 1.22. The van der Waals surface area contributed by atoms with Gasteiger partial charge in [-0.15, -0.1) is 0 Å². The molecular weight excluding hydrogens is 240 g/mol. The summed E-state index contributed by atoms with van der Waals surface area (Å²) >= 11 is 0. The van der Waals surface area contributed by atoms with Gasteiger partial charge in [-0.3, -0.25) is 4.79 Å². The Morgan fingerprint density at radius 2 is 1.89 bits per heavy atom. The number of carbonyl (C=O) groups excluding carboxylic acids is 1. The van der Waals surface area contributed by atoms with Gasteiger partial charge in [-0.1, -0.05) is 25.7 Å². The minimum absolute atomic E-state index is 0.0262. The minimum atomic E-state index is -0.351. The molecule has 1 aliphatic carbocycles. The molecule has 0 aromatic rings. The zero-order valence-corrected chi connectivity index (χ0v) is 11.9. The Labute approximate surface area is 116 Å². The van der Waals surface area contributed by atoms with Crippen LogP contribution in [-0.4, -0.2) is 31.7 Å². The molecule has 1 saturated heterocycles. The van der Waals surface area contributed by atoms with Crippen molar-refractivity contribution in [3.8, 4) is 0 Å². The third-order valence-corrected chi connectivity index (χ3v) is 4.64. The molecule has 0 spiro atoms. The number of hydrogen-bond donors (Lipinski definition) is 2. The number of ether oxygens (including phenoxy) is 1. The summed E-state index contributed by atoms with van der Waals surface area (Å²) in [4.78, 5) is 12.0. The number of carbonyl (C=O) groups is 1. The van der Waals surface area contributed by atoms with Crippen molar-refractivity contribution in [3.63, 3.8) is 0 Å². The van der Waals surface area contributed by atoms with Crippen LogP contribution in [0.1, 0.15) is 51.4 Å². The van der Waals surface area contributed by atoms with E-state index in [2.05, 4.69) is 5.32 Å². The Morgan fingerprint density at radius 3 is 2.58 bits per heavy atom. The minimum Gasteiger partial charge on any atom is -0.381 e. The van der Waals surface area contributed by atoms with Crippen LogP contribution in [0.25, 0.3) is 0 Å². The lowest BCUT2D eigenvalue weighted by Crippen LogP contribution is -2.47. The predicted octanol–water partition coefficient (Wildman–Crippen LogP) is 1.83. The van der Waals surface area contributed by atoms with E-state index in [4.69, 9.17) is 10.5 Å². The second-order valence-corrected chi connectivity index (χ2v) is 6.06. The molecule has 1 saturated carbocycles. The van der Waals surface area contributed by atoms with E-state index in [1.54, 1.807) is 0 Å². The first-order valence-corrected chi connectivity index (χ1v) is 7.88. The molecule has 0 aromatic heterocycles. The van der Waals surface area contributed by atoms with Gasteiger partial charge in [-0.25, -0.2) is 0 Å². The van der Waals surface area contributed by atoms with Crippen molar-refractivity contribution < 1.29 is 9.53 Å². The highest BCUT2D eigenvalue weighted by molar-refractivity contribution is 5.81. The highest BCUT2D eigenvalue weighted by atomic mass is 16.5. The molecule has 19 heavy (non-hydrogen) atoms. The molecule has 1 aliphatic heterocycles. The second kappa shape index (κ2) is 7.85. The molecule has 1 heterocycles. The Kier molecular flexibility index (Phi) is 6.11. The van der Waals surface area contributed by atoms with Gasteiger partial charge in [0.1, 0.15) is 0 Å². The van der Waals surface area contributed by atoms with Crippen LogP contribution in [0.15, 0.2) is 0 Å². The first-order chi connectivity index (χ1) is 9.27. The second-order valence-electron chi connectivity index (χ2n) is 6.06. The fraction of sp³-hybridized carbons (Fsp3) is 0.933. The number of nitrogens with two attached hydrogens (primary N) is 1. The molecule has 1 unspecified atom stereocenters. The van der Waals surface area contributed by atoms with Crippen molar-refractivity contribution in [3.05, 3.63) is 0 Å². The van der Waals surface area contributed by atoms with Crippen molar-refractivity contribution in [2.24, 2.45) is 17.6 Å². The van der Waals surface area contributed by atoms with E-state index in [1.165, 1.54) is 32.1 Å². The van der Waals surface area contributed by atoms with Crippen LogP contribution >= 0.6 is 0 Å². The molecule has 1 atom stereocenters. The maximum absolute atomic E-state index is 12.0. The van der Waals surface area contributed by atoms with E-state index in [0.29, 0.717) is 5.92 Å². The van der Waals surface area contributed by atoms with Crippen LogP contribution in [-0.2, 0) is 9.53 Å². The van der Waals surface area contributed by atoms with Gasteiger partial charge in [0.15, 0.2) is 0 Å². The summed E-state index contributed by atoms with van der Waals surface area (Å²) in [7, 11) is 0. The average Bonchev–Trinajstić information content (AvgIpc) is 2.96.